The summed E-state index contributed by atoms with van der Waals surface area (Å²) in [4.78, 5) is 19.2. The third-order valence-corrected chi connectivity index (χ3v) is 4.45. The molecule has 1 aromatic rings. The number of carbonyl (C=O) groups excluding carboxylic acids is 1. The Morgan fingerprint density at radius 1 is 1.40 bits per heavy atom. The maximum atomic E-state index is 12.6. The Labute approximate surface area is 122 Å². The van der Waals surface area contributed by atoms with Crippen molar-refractivity contribution in [2.75, 3.05) is 24.1 Å². The lowest BCUT2D eigenvalue weighted by Gasteiger charge is -2.35. The molecule has 2 atom stereocenters. The van der Waals surface area contributed by atoms with Crippen LogP contribution in [0.3, 0.4) is 0 Å². The number of carbonyl (C=O) groups is 1. The largest absolute Gasteiger partial charge is 0.382 e. The lowest BCUT2D eigenvalue weighted by molar-refractivity contribution is -0.0584. The molecule has 2 heterocycles. The van der Waals surface area contributed by atoms with Crippen LogP contribution in [-0.2, 0) is 4.74 Å². The number of anilines is 2. The molecule has 20 heavy (non-hydrogen) atoms. The number of amides is 1. The van der Waals surface area contributed by atoms with E-state index in [1.165, 1.54) is 24.2 Å². The van der Waals surface area contributed by atoms with Gasteiger partial charge < -0.3 is 20.7 Å². The van der Waals surface area contributed by atoms with Crippen molar-refractivity contribution < 1.29 is 9.53 Å². The van der Waals surface area contributed by atoms with Gasteiger partial charge in [-0.3, -0.25) is 4.79 Å². The van der Waals surface area contributed by atoms with Crippen molar-refractivity contribution in [3.8, 4) is 0 Å². The van der Waals surface area contributed by atoms with Gasteiger partial charge in [-0.1, -0.05) is 11.3 Å². The van der Waals surface area contributed by atoms with Gasteiger partial charge in [-0.25, -0.2) is 4.98 Å². The predicted molar refractivity (Wildman–Crippen MR) is 79.1 cm³/mol. The average molecular weight is 296 g/mol. The Kier molecular flexibility index (Phi) is 3.55. The zero-order valence-electron chi connectivity index (χ0n) is 11.8. The summed E-state index contributed by atoms with van der Waals surface area (Å²) in [5.41, 5.74) is 5.89. The van der Waals surface area contributed by atoms with Crippen molar-refractivity contribution in [3.05, 3.63) is 4.88 Å². The van der Waals surface area contributed by atoms with Gasteiger partial charge in [-0.05, 0) is 26.7 Å². The topological polar surface area (TPSA) is 80.5 Å². The third-order valence-electron chi connectivity index (χ3n) is 3.46. The minimum Gasteiger partial charge on any atom is -0.382 e. The molecule has 1 saturated heterocycles. The van der Waals surface area contributed by atoms with Gasteiger partial charge in [0.25, 0.3) is 5.91 Å². The number of hydrogen-bond acceptors (Lipinski definition) is 6. The average Bonchev–Trinajstić information content (AvgIpc) is 3.10. The van der Waals surface area contributed by atoms with E-state index < -0.39 is 0 Å². The van der Waals surface area contributed by atoms with Crippen LogP contribution < -0.4 is 11.1 Å². The minimum atomic E-state index is -0.0363. The molecule has 110 valence electrons. The fourth-order valence-electron chi connectivity index (χ4n) is 2.44. The summed E-state index contributed by atoms with van der Waals surface area (Å²) < 4.78 is 5.65. The monoisotopic (exact) mass is 296 g/mol. The van der Waals surface area contributed by atoms with E-state index in [4.69, 9.17) is 10.5 Å². The summed E-state index contributed by atoms with van der Waals surface area (Å²) in [5, 5.41) is 4.04. The van der Waals surface area contributed by atoms with E-state index in [2.05, 4.69) is 10.3 Å². The number of nitrogens with one attached hydrogen (secondary N) is 1. The molecule has 3 rings (SSSR count). The molecular weight excluding hydrogens is 276 g/mol. The number of rotatable bonds is 3. The van der Waals surface area contributed by atoms with Gasteiger partial charge in [-0.2, -0.15) is 0 Å². The lowest BCUT2D eigenvalue weighted by atomic mass is 10.2. The second kappa shape index (κ2) is 5.21. The molecule has 1 aromatic heterocycles. The van der Waals surface area contributed by atoms with Gasteiger partial charge in [0.15, 0.2) is 5.13 Å². The number of morpholine rings is 1. The van der Waals surface area contributed by atoms with Crippen LogP contribution in [0.1, 0.15) is 36.4 Å². The van der Waals surface area contributed by atoms with Crippen LogP contribution in [0, 0.1) is 0 Å². The Morgan fingerprint density at radius 2 is 2.05 bits per heavy atom. The first-order valence-electron chi connectivity index (χ1n) is 7.00. The van der Waals surface area contributed by atoms with Crippen molar-refractivity contribution in [3.63, 3.8) is 0 Å². The van der Waals surface area contributed by atoms with E-state index >= 15 is 0 Å². The molecule has 2 aliphatic rings. The first-order valence-corrected chi connectivity index (χ1v) is 7.82. The van der Waals surface area contributed by atoms with Crippen LogP contribution in [-0.4, -0.2) is 47.1 Å². The SMILES string of the molecule is CC1CN(C(=O)c2sc(NC3CC3)nc2N)CC(C)O1. The summed E-state index contributed by atoms with van der Waals surface area (Å²) in [6, 6.07) is 0.506. The van der Waals surface area contributed by atoms with E-state index in [0.29, 0.717) is 29.8 Å². The highest BCUT2D eigenvalue weighted by atomic mass is 32.1. The van der Waals surface area contributed by atoms with E-state index in [9.17, 15) is 4.79 Å². The third kappa shape index (κ3) is 2.88. The smallest absolute Gasteiger partial charge is 0.268 e. The highest BCUT2D eigenvalue weighted by molar-refractivity contribution is 7.18. The van der Waals surface area contributed by atoms with Gasteiger partial charge in [-0.15, -0.1) is 0 Å². The quantitative estimate of drug-likeness (QED) is 0.884. The maximum absolute atomic E-state index is 12.6. The molecule has 3 N–H and O–H groups in total. The molecule has 1 saturated carbocycles. The second-order valence-corrected chi connectivity index (χ2v) is 6.62. The van der Waals surface area contributed by atoms with Crippen LogP contribution in [0.5, 0.6) is 0 Å². The fraction of sp³-hybridized carbons (Fsp3) is 0.692. The van der Waals surface area contributed by atoms with Gasteiger partial charge in [0.2, 0.25) is 0 Å². The summed E-state index contributed by atoms with van der Waals surface area (Å²) in [5.74, 6) is 0.292. The zero-order valence-corrected chi connectivity index (χ0v) is 12.6. The summed E-state index contributed by atoms with van der Waals surface area (Å²) in [6.45, 7) is 5.16. The van der Waals surface area contributed by atoms with Crippen LogP contribution in [0.4, 0.5) is 10.9 Å². The van der Waals surface area contributed by atoms with Gasteiger partial charge in [0.1, 0.15) is 10.7 Å². The molecule has 0 spiro atoms. The number of nitrogens with zero attached hydrogens (tertiary/aromatic N) is 2. The van der Waals surface area contributed by atoms with Crippen molar-refractivity contribution in [1.82, 2.24) is 9.88 Å². The number of nitrogen functional groups attached to an aromatic ring is 1. The first-order chi connectivity index (χ1) is 9.52. The van der Waals surface area contributed by atoms with Crippen LogP contribution in [0.2, 0.25) is 0 Å². The normalized spacial score (nSPS) is 26.6. The van der Waals surface area contributed by atoms with Crippen LogP contribution in [0.25, 0.3) is 0 Å². The van der Waals surface area contributed by atoms with Crippen molar-refractivity contribution >= 4 is 28.2 Å². The number of hydrogen-bond donors (Lipinski definition) is 2. The standard InChI is InChI=1S/C13H20N4O2S/c1-7-5-17(6-8(2)19-7)12(18)10-11(14)16-13(20-10)15-9-3-4-9/h7-9H,3-6,14H2,1-2H3,(H,15,16). The number of aromatic nitrogens is 1. The maximum Gasteiger partial charge on any atom is 0.268 e. The van der Waals surface area contributed by atoms with E-state index in [-0.39, 0.29) is 18.1 Å². The molecule has 1 aliphatic carbocycles. The number of nitrogens with two attached hydrogens (primary N) is 1. The highest BCUT2D eigenvalue weighted by Crippen LogP contribution is 2.31. The summed E-state index contributed by atoms with van der Waals surface area (Å²) in [7, 11) is 0. The molecule has 0 aromatic carbocycles. The second-order valence-electron chi connectivity index (χ2n) is 5.62. The van der Waals surface area contributed by atoms with Crippen LogP contribution >= 0.6 is 11.3 Å². The molecule has 2 fully saturated rings. The summed E-state index contributed by atoms with van der Waals surface area (Å²) >= 11 is 1.35. The van der Waals surface area contributed by atoms with Crippen molar-refractivity contribution in [1.29, 1.82) is 0 Å². The molecule has 7 heteroatoms. The van der Waals surface area contributed by atoms with E-state index in [0.717, 1.165) is 5.13 Å². The molecular formula is C13H20N4O2S. The minimum absolute atomic E-state index is 0.0363. The van der Waals surface area contributed by atoms with Gasteiger partial charge >= 0.3 is 0 Å². The Balaban J connectivity index is 1.73. The summed E-state index contributed by atoms with van der Waals surface area (Å²) in [6.07, 6.45) is 2.45. The Bertz CT molecular complexity index is 504. The molecule has 6 nitrogen and oxygen atoms in total. The lowest BCUT2D eigenvalue weighted by Crippen LogP contribution is -2.48. The van der Waals surface area contributed by atoms with Gasteiger partial charge in [0.05, 0.1) is 12.2 Å². The molecule has 0 radical (unpaired) electrons. The van der Waals surface area contributed by atoms with Crippen molar-refractivity contribution in [2.45, 2.75) is 44.9 Å². The van der Waals surface area contributed by atoms with Crippen LogP contribution in [0.15, 0.2) is 0 Å². The van der Waals surface area contributed by atoms with Gasteiger partial charge in [0, 0.05) is 19.1 Å². The highest BCUT2D eigenvalue weighted by Gasteiger charge is 2.30. The van der Waals surface area contributed by atoms with E-state index in [1.807, 2.05) is 18.7 Å². The molecule has 0 bridgehead atoms. The number of thiazole rings is 1. The zero-order chi connectivity index (χ0) is 14.3. The van der Waals surface area contributed by atoms with E-state index in [1.54, 1.807) is 0 Å². The Morgan fingerprint density at radius 3 is 2.65 bits per heavy atom. The molecule has 1 amide bonds. The predicted octanol–water partition coefficient (Wildman–Crippen LogP) is 1.55. The fourth-order valence-corrected chi connectivity index (χ4v) is 3.37. The Hall–Kier alpha value is -1.34. The molecule has 1 aliphatic heterocycles. The van der Waals surface area contributed by atoms with Crippen molar-refractivity contribution in [2.24, 2.45) is 0 Å². The first kappa shape index (κ1) is 13.6. The number of ether oxygens (including phenoxy) is 1. The molecule has 2 unspecified atom stereocenters.